The van der Waals surface area contributed by atoms with Crippen molar-refractivity contribution in [2.75, 3.05) is 19.6 Å². The molecule has 5 atom stereocenters. The van der Waals surface area contributed by atoms with E-state index in [0.717, 1.165) is 0 Å². The lowest BCUT2D eigenvalue weighted by atomic mass is 9.96. The lowest BCUT2D eigenvalue weighted by molar-refractivity contribution is -0.143. The zero-order valence-corrected chi connectivity index (χ0v) is 24.4. The largest absolute Gasteiger partial charge is 0.480 e. The van der Waals surface area contributed by atoms with Crippen LogP contribution in [0.25, 0.3) is 0 Å². The van der Waals surface area contributed by atoms with Gasteiger partial charge < -0.3 is 61.2 Å². The van der Waals surface area contributed by atoms with E-state index in [-0.39, 0.29) is 62.7 Å². The van der Waals surface area contributed by atoms with E-state index in [1.807, 2.05) is 6.92 Å². The van der Waals surface area contributed by atoms with Gasteiger partial charge in [-0.1, -0.05) is 20.3 Å². The second-order valence-corrected chi connectivity index (χ2v) is 9.79. The average molecular weight is 600 g/mol. The fourth-order valence-electron chi connectivity index (χ4n) is 3.68. The maximum absolute atomic E-state index is 13.4. The molecule has 0 heterocycles. The molecule has 0 fully saturated rings. The summed E-state index contributed by atoms with van der Waals surface area (Å²) < 4.78 is 0. The first-order valence-corrected chi connectivity index (χ1v) is 13.7. The van der Waals surface area contributed by atoms with Crippen LogP contribution in [-0.2, 0) is 19.2 Å². The number of carboxylic acid groups (broad SMARTS) is 1. The predicted molar refractivity (Wildman–Crippen MR) is 161 cm³/mol. The third kappa shape index (κ3) is 16.7. The first-order valence-electron chi connectivity index (χ1n) is 13.7. The molecule has 18 N–H and O–H groups in total. The molecule has 0 spiro atoms. The Morgan fingerprint density at radius 3 is 1.52 bits per heavy atom. The molecular formula is C24H49N13O5. The van der Waals surface area contributed by atoms with Gasteiger partial charge in [0, 0.05) is 19.6 Å². The molecule has 0 saturated heterocycles. The van der Waals surface area contributed by atoms with Gasteiger partial charge in [-0.25, -0.2) is 4.79 Å². The molecule has 0 saturated carbocycles. The lowest BCUT2D eigenvalue weighted by Crippen LogP contribution is -2.58. The lowest BCUT2D eigenvalue weighted by Gasteiger charge is -2.28. The SMILES string of the molecule is CCC(C)C(NC(=O)C(CCCN=C(N)N)NC(=O)C(N)CCCN=C(N)N)C(=O)NC(CCCN=C(N)N)C(=O)O. The molecule has 240 valence electrons. The van der Waals surface area contributed by atoms with Gasteiger partial charge in [0.15, 0.2) is 17.9 Å². The third-order valence-corrected chi connectivity index (χ3v) is 6.24. The summed E-state index contributed by atoms with van der Waals surface area (Å²) in [5.74, 6) is -3.87. The Hall–Kier alpha value is -4.35. The fourth-order valence-corrected chi connectivity index (χ4v) is 3.68. The fraction of sp³-hybridized carbons (Fsp3) is 0.708. The minimum Gasteiger partial charge on any atom is -0.480 e. The first-order chi connectivity index (χ1) is 19.7. The van der Waals surface area contributed by atoms with E-state index in [9.17, 15) is 24.3 Å². The Kier molecular flexibility index (Phi) is 18.4. The molecule has 5 unspecified atom stereocenters. The van der Waals surface area contributed by atoms with Crippen molar-refractivity contribution in [3.8, 4) is 0 Å². The van der Waals surface area contributed by atoms with Crippen molar-refractivity contribution < 1.29 is 24.3 Å². The van der Waals surface area contributed by atoms with Crippen molar-refractivity contribution >= 4 is 41.6 Å². The van der Waals surface area contributed by atoms with Gasteiger partial charge >= 0.3 is 5.97 Å². The van der Waals surface area contributed by atoms with Crippen LogP contribution in [0.2, 0.25) is 0 Å². The number of aliphatic carboxylic acids is 1. The maximum Gasteiger partial charge on any atom is 0.326 e. The van der Waals surface area contributed by atoms with E-state index >= 15 is 0 Å². The first kappa shape index (κ1) is 37.6. The van der Waals surface area contributed by atoms with Crippen molar-refractivity contribution in [2.24, 2.45) is 61.0 Å². The van der Waals surface area contributed by atoms with Gasteiger partial charge in [-0.15, -0.1) is 0 Å². The van der Waals surface area contributed by atoms with Crippen molar-refractivity contribution in [1.82, 2.24) is 16.0 Å². The molecular weight excluding hydrogens is 550 g/mol. The van der Waals surface area contributed by atoms with Crippen molar-refractivity contribution in [1.29, 1.82) is 0 Å². The Balaban J connectivity index is 5.63. The highest BCUT2D eigenvalue weighted by atomic mass is 16.4. The number of hydrogen-bond donors (Lipinski definition) is 11. The summed E-state index contributed by atoms with van der Waals surface area (Å²) in [5.41, 5.74) is 37.9. The highest BCUT2D eigenvalue weighted by molar-refractivity contribution is 5.94. The molecule has 0 aromatic carbocycles. The van der Waals surface area contributed by atoms with Crippen LogP contribution >= 0.6 is 0 Å². The highest BCUT2D eigenvalue weighted by Crippen LogP contribution is 2.11. The van der Waals surface area contributed by atoms with Crippen LogP contribution in [0.15, 0.2) is 15.0 Å². The number of carbonyl (C=O) groups is 4. The molecule has 42 heavy (non-hydrogen) atoms. The summed E-state index contributed by atoms with van der Waals surface area (Å²) in [6.45, 7) is 4.21. The van der Waals surface area contributed by atoms with E-state index in [0.29, 0.717) is 25.7 Å². The molecule has 18 nitrogen and oxygen atoms in total. The minimum atomic E-state index is -1.25. The standard InChI is InChI=1S/C24H49N13O5/c1-3-13(2)17(20(40)36-16(21(41)42)9-6-12-34-24(30)31)37-19(39)15(8-5-11-33-23(28)29)35-18(38)14(25)7-4-10-32-22(26)27/h13-17H,3-12,25H2,1-2H3,(H,35,38)(H,36,40)(H,37,39)(H,41,42)(H4,26,27,32)(H4,28,29,33)(H4,30,31,34). The monoisotopic (exact) mass is 599 g/mol. The molecule has 0 aromatic heterocycles. The minimum absolute atomic E-state index is 0.0591. The van der Waals surface area contributed by atoms with Gasteiger partial charge in [0.25, 0.3) is 0 Å². The van der Waals surface area contributed by atoms with Gasteiger partial charge in [-0.3, -0.25) is 29.4 Å². The van der Waals surface area contributed by atoms with E-state index < -0.39 is 47.9 Å². The molecule has 0 bridgehead atoms. The summed E-state index contributed by atoms with van der Waals surface area (Å²) in [6, 6.07) is -4.35. The number of hydrogen-bond acceptors (Lipinski definition) is 8. The Bertz CT molecular complexity index is 960. The summed E-state index contributed by atoms with van der Waals surface area (Å²) in [6.07, 6.45) is 1.99. The predicted octanol–water partition coefficient (Wildman–Crippen LogP) is -3.94. The van der Waals surface area contributed by atoms with Crippen LogP contribution in [0.4, 0.5) is 0 Å². The van der Waals surface area contributed by atoms with Crippen LogP contribution < -0.4 is 56.1 Å². The van der Waals surface area contributed by atoms with E-state index in [2.05, 4.69) is 30.9 Å². The van der Waals surface area contributed by atoms with Crippen molar-refractivity contribution in [2.45, 2.75) is 83.0 Å². The number of carbonyl (C=O) groups excluding carboxylic acids is 3. The highest BCUT2D eigenvalue weighted by Gasteiger charge is 2.32. The van der Waals surface area contributed by atoms with E-state index in [1.165, 1.54) is 0 Å². The number of nitrogens with one attached hydrogen (secondary N) is 3. The number of carboxylic acids is 1. The van der Waals surface area contributed by atoms with Gasteiger partial charge in [0.2, 0.25) is 17.7 Å². The number of aliphatic imine (C=N–C) groups is 3. The smallest absolute Gasteiger partial charge is 0.326 e. The topological polar surface area (TPSA) is 344 Å². The Labute approximate surface area is 245 Å². The summed E-state index contributed by atoms with van der Waals surface area (Å²) in [5, 5.41) is 17.4. The van der Waals surface area contributed by atoms with Crippen molar-refractivity contribution in [3.05, 3.63) is 0 Å². The summed E-state index contributed by atoms with van der Waals surface area (Å²) in [7, 11) is 0. The Morgan fingerprint density at radius 1 is 0.667 bits per heavy atom. The quantitative estimate of drug-likeness (QED) is 0.0342. The zero-order valence-electron chi connectivity index (χ0n) is 24.4. The van der Waals surface area contributed by atoms with Crippen LogP contribution in [0, 0.1) is 5.92 Å². The molecule has 0 aromatic rings. The number of nitrogens with zero attached hydrogens (tertiary/aromatic N) is 3. The van der Waals surface area contributed by atoms with Crippen LogP contribution in [0.5, 0.6) is 0 Å². The summed E-state index contributed by atoms with van der Waals surface area (Å²) >= 11 is 0. The van der Waals surface area contributed by atoms with Gasteiger partial charge in [-0.2, -0.15) is 0 Å². The van der Waals surface area contributed by atoms with Gasteiger partial charge in [0.05, 0.1) is 6.04 Å². The average Bonchev–Trinajstić information content (AvgIpc) is 2.91. The number of guanidine groups is 3. The van der Waals surface area contributed by atoms with Gasteiger partial charge in [-0.05, 0) is 44.4 Å². The number of rotatable bonds is 21. The maximum atomic E-state index is 13.4. The molecule has 18 heteroatoms. The number of amides is 3. The summed E-state index contributed by atoms with van der Waals surface area (Å²) in [4.78, 5) is 62.6. The van der Waals surface area contributed by atoms with Crippen LogP contribution in [0.1, 0.15) is 58.8 Å². The second kappa shape index (κ2) is 20.5. The second-order valence-electron chi connectivity index (χ2n) is 9.79. The van der Waals surface area contributed by atoms with Gasteiger partial charge in [0.1, 0.15) is 18.1 Å². The van der Waals surface area contributed by atoms with E-state index in [4.69, 9.17) is 40.1 Å². The van der Waals surface area contributed by atoms with Crippen LogP contribution in [-0.4, -0.2) is 90.5 Å². The molecule has 0 radical (unpaired) electrons. The van der Waals surface area contributed by atoms with Crippen LogP contribution in [0.3, 0.4) is 0 Å². The molecule has 0 aliphatic carbocycles. The third-order valence-electron chi connectivity index (χ3n) is 6.24. The Morgan fingerprint density at radius 2 is 1.10 bits per heavy atom. The zero-order chi connectivity index (χ0) is 32.2. The molecule has 0 rings (SSSR count). The normalized spacial score (nSPS) is 14.2. The number of nitrogens with two attached hydrogens (primary N) is 7. The molecule has 3 amide bonds. The molecule has 0 aliphatic rings. The van der Waals surface area contributed by atoms with E-state index in [1.54, 1.807) is 6.92 Å². The van der Waals surface area contributed by atoms with Crippen molar-refractivity contribution in [3.63, 3.8) is 0 Å². The molecule has 0 aliphatic heterocycles.